The molecule has 0 radical (unpaired) electrons. The van der Waals surface area contributed by atoms with Crippen molar-refractivity contribution in [2.45, 2.75) is 25.9 Å². The van der Waals surface area contributed by atoms with Gasteiger partial charge in [0.25, 0.3) is 5.91 Å². The molecular weight excluding hydrogens is 368 g/mol. The number of carbonyl (C=O) groups is 2. The van der Waals surface area contributed by atoms with Crippen LogP contribution in [-0.2, 0) is 9.53 Å². The number of benzene rings is 1. The molecule has 0 spiro atoms. The Morgan fingerprint density at radius 2 is 1.83 bits per heavy atom. The monoisotopic (exact) mass is 390 g/mol. The van der Waals surface area contributed by atoms with Crippen LogP contribution in [0.1, 0.15) is 30.1 Å². The van der Waals surface area contributed by atoms with Crippen molar-refractivity contribution >= 4 is 11.9 Å². The van der Waals surface area contributed by atoms with Crippen LogP contribution in [-0.4, -0.2) is 50.7 Å². The van der Waals surface area contributed by atoms with Gasteiger partial charge in [-0.15, -0.1) is 0 Å². The number of para-hydroxylation sites is 1. The van der Waals surface area contributed by atoms with E-state index in [9.17, 15) is 9.59 Å². The fraction of sp³-hybridized carbons (Fsp3) is 0.273. The second-order valence-electron chi connectivity index (χ2n) is 6.99. The Morgan fingerprint density at radius 1 is 1.07 bits per heavy atom. The highest BCUT2D eigenvalue weighted by Gasteiger charge is 2.28. The van der Waals surface area contributed by atoms with Crippen LogP contribution in [0.3, 0.4) is 0 Å². The van der Waals surface area contributed by atoms with E-state index < -0.39 is 12.1 Å². The van der Waals surface area contributed by atoms with Crippen LogP contribution in [0.15, 0.2) is 61.1 Å². The molecule has 1 aromatic carbocycles. The molecule has 1 amide bonds. The van der Waals surface area contributed by atoms with Crippen molar-refractivity contribution < 1.29 is 14.3 Å². The normalized spacial score (nSPS) is 14.6. The summed E-state index contributed by atoms with van der Waals surface area (Å²) in [6, 6.07) is 13.1. The van der Waals surface area contributed by atoms with Crippen molar-refractivity contribution in [2.75, 3.05) is 13.1 Å². The second-order valence-corrected chi connectivity index (χ2v) is 6.99. The molecule has 1 saturated heterocycles. The molecule has 0 aliphatic carbocycles. The Morgan fingerprint density at radius 3 is 2.52 bits per heavy atom. The molecule has 3 aromatic rings. The summed E-state index contributed by atoms with van der Waals surface area (Å²) in [5.74, 6) is -0.736. The van der Waals surface area contributed by atoms with Gasteiger partial charge >= 0.3 is 5.97 Å². The predicted octanol–water partition coefficient (Wildman–Crippen LogP) is 3.10. The van der Waals surface area contributed by atoms with E-state index >= 15 is 0 Å². The highest BCUT2D eigenvalue weighted by atomic mass is 16.5. The maximum atomic E-state index is 12.9. The van der Waals surface area contributed by atoms with E-state index in [1.54, 1.807) is 41.2 Å². The predicted molar refractivity (Wildman–Crippen MR) is 107 cm³/mol. The molecule has 29 heavy (non-hydrogen) atoms. The molecule has 7 nitrogen and oxygen atoms in total. The Hall–Kier alpha value is -3.48. The van der Waals surface area contributed by atoms with Crippen LogP contribution in [0.4, 0.5) is 0 Å². The lowest BCUT2D eigenvalue weighted by Crippen LogP contribution is -2.38. The minimum Gasteiger partial charge on any atom is -0.449 e. The number of pyridine rings is 1. The average Bonchev–Trinajstić information content (AvgIpc) is 3.45. The molecule has 0 N–H and O–H groups in total. The zero-order valence-corrected chi connectivity index (χ0v) is 16.2. The number of carbonyl (C=O) groups excluding carboxylic acids is 2. The number of amides is 1. The molecule has 0 bridgehead atoms. The number of ether oxygens (including phenoxy) is 1. The summed E-state index contributed by atoms with van der Waals surface area (Å²) in [6.45, 7) is 3.05. The third kappa shape index (κ3) is 4.03. The zero-order chi connectivity index (χ0) is 20.2. The van der Waals surface area contributed by atoms with Crippen LogP contribution in [0, 0.1) is 0 Å². The summed E-state index contributed by atoms with van der Waals surface area (Å²) in [5.41, 5.74) is 2.28. The third-order valence-electron chi connectivity index (χ3n) is 4.94. The van der Waals surface area contributed by atoms with E-state index in [0.29, 0.717) is 29.9 Å². The first-order valence-corrected chi connectivity index (χ1v) is 9.69. The molecule has 4 rings (SSSR count). The van der Waals surface area contributed by atoms with Crippen LogP contribution in [0.25, 0.3) is 16.9 Å². The van der Waals surface area contributed by atoms with E-state index in [0.717, 1.165) is 18.5 Å². The Bertz CT molecular complexity index is 995. The maximum Gasteiger partial charge on any atom is 0.342 e. The number of esters is 1. The second kappa shape index (κ2) is 8.26. The number of hydrogen-bond acceptors (Lipinski definition) is 5. The number of likely N-dealkylation sites (tertiary alicyclic amines) is 1. The fourth-order valence-electron chi connectivity index (χ4n) is 3.42. The Labute approximate surface area is 168 Å². The summed E-state index contributed by atoms with van der Waals surface area (Å²) >= 11 is 0. The lowest BCUT2D eigenvalue weighted by molar-refractivity contribution is -0.138. The van der Waals surface area contributed by atoms with Gasteiger partial charge in [-0.05, 0) is 44.0 Å². The zero-order valence-electron chi connectivity index (χ0n) is 16.2. The molecule has 7 heteroatoms. The Kier molecular flexibility index (Phi) is 5.37. The van der Waals surface area contributed by atoms with Gasteiger partial charge in [-0.3, -0.25) is 9.78 Å². The van der Waals surface area contributed by atoms with Crippen LogP contribution < -0.4 is 0 Å². The van der Waals surface area contributed by atoms with Crippen molar-refractivity contribution in [3.63, 3.8) is 0 Å². The summed E-state index contributed by atoms with van der Waals surface area (Å²) in [5, 5.41) is 4.58. The minimum absolute atomic E-state index is 0.158. The molecule has 1 fully saturated rings. The highest BCUT2D eigenvalue weighted by molar-refractivity contribution is 5.97. The fourth-order valence-corrected chi connectivity index (χ4v) is 3.42. The van der Waals surface area contributed by atoms with Crippen molar-refractivity contribution in [1.29, 1.82) is 0 Å². The van der Waals surface area contributed by atoms with E-state index in [4.69, 9.17) is 4.74 Å². The Balaban J connectivity index is 1.63. The minimum atomic E-state index is -0.845. The summed E-state index contributed by atoms with van der Waals surface area (Å²) < 4.78 is 7.15. The van der Waals surface area contributed by atoms with Gasteiger partial charge in [0.05, 0.1) is 5.69 Å². The molecule has 2 aromatic heterocycles. The van der Waals surface area contributed by atoms with E-state index in [2.05, 4.69) is 10.1 Å². The van der Waals surface area contributed by atoms with Crippen LogP contribution in [0.5, 0.6) is 0 Å². The molecule has 3 heterocycles. The van der Waals surface area contributed by atoms with E-state index in [1.165, 1.54) is 0 Å². The lowest BCUT2D eigenvalue weighted by Gasteiger charge is -2.20. The van der Waals surface area contributed by atoms with Crippen molar-refractivity contribution in [3.05, 3.63) is 66.6 Å². The van der Waals surface area contributed by atoms with E-state index in [1.807, 2.05) is 36.4 Å². The first kappa shape index (κ1) is 18.9. The highest BCUT2D eigenvalue weighted by Crippen LogP contribution is 2.24. The smallest absolute Gasteiger partial charge is 0.342 e. The number of rotatable bonds is 5. The molecule has 148 valence electrons. The number of aromatic nitrogens is 3. The summed E-state index contributed by atoms with van der Waals surface area (Å²) in [6.07, 6.45) is 6.07. The molecule has 1 atom stereocenters. The van der Waals surface area contributed by atoms with Gasteiger partial charge < -0.3 is 9.64 Å². The van der Waals surface area contributed by atoms with Gasteiger partial charge in [0.15, 0.2) is 6.10 Å². The van der Waals surface area contributed by atoms with Crippen molar-refractivity contribution in [3.8, 4) is 16.9 Å². The number of nitrogens with zero attached hydrogens (tertiary/aromatic N) is 4. The topological polar surface area (TPSA) is 77.3 Å². The number of hydrogen-bond donors (Lipinski definition) is 0. The first-order chi connectivity index (χ1) is 14.1. The lowest BCUT2D eigenvalue weighted by atomic mass is 10.1. The summed E-state index contributed by atoms with van der Waals surface area (Å²) in [7, 11) is 0. The van der Waals surface area contributed by atoms with E-state index in [-0.39, 0.29) is 5.91 Å². The van der Waals surface area contributed by atoms with Gasteiger partial charge in [0, 0.05) is 37.2 Å². The quantitative estimate of drug-likeness (QED) is 0.626. The van der Waals surface area contributed by atoms with Crippen LogP contribution >= 0.6 is 0 Å². The van der Waals surface area contributed by atoms with Crippen molar-refractivity contribution in [2.24, 2.45) is 0 Å². The molecule has 1 unspecified atom stereocenters. The molecule has 1 aliphatic rings. The molecule has 0 saturated carbocycles. The molecular formula is C22H22N4O3. The van der Waals surface area contributed by atoms with Gasteiger partial charge in [-0.25, -0.2) is 9.48 Å². The first-order valence-electron chi connectivity index (χ1n) is 9.69. The third-order valence-corrected chi connectivity index (χ3v) is 4.94. The average molecular weight is 390 g/mol. The van der Waals surface area contributed by atoms with Crippen molar-refractivity contribution in [1.82, 2.24) is 19.7 Å². The standard InChI is InChI=1S/C22H22N4O3/c1-16(21(27)25-12-5-6-13-25)29-22(28)19-15-26(18-9-3-2-4-10-18)24-20(19)17-8-7-11-23-14-17/h2-4,7-11,14-16H,5-6,12-13H2,1H3. The van der Waals surface area contributed by atoms with Gasteiger partial charge in [0.2, 0.25) is 0 Å². The SMILES string of the molecule is CC(OC(=O)c1cn(-c2ccccc2)nc1-c1cccnc1)C(=O)N1CCCC1. The van der Waals surface area contributed by atoms with Gasteiger partial charge in [-0.1, -0.05) is 18.2 Å². The maximum absolute atomic E-state index is 12.9. The molecule has 1 aliphatic heterocycles. The van der Waals surface area contributed by atoms with Gasteiger partial charge in [-0.2, -0.15) is 5.10 Å². The van der Waals surface area contributed by atoms with Gasteiger partial charge in [0.1, 0.15) is 11.3 Å². The largest absolute Gasteiger partial charge is 0.449 e. The summed E-state index contributed by atoms with van der Waals surface area (Å²) in [4.78, 5) is 31.3. The van der Waals surface area contributed by atoms with Crippen LogP contribution in [0.2, 0.25) is 0 Å².